The van der Waals surface area contributed by atoms with E-state index in [0.29, 0.717) is 6.42 Å². The highest BCUT2D eigenvalue weighted by atomic mass is 32.1. The van der Waals surface area contributed by atoms with Gasteiger partial charge in [-0.25, -0.2) is 4.68 Å². The van der Waals surface area contributed by atoms with Gasteiger partial charge in [0, 0.05) is 22.8 Å². The number of hydrogen-bond donors (Lipinski definition) is 1. The van der Waals surface area contributed by atoms with Gasteiger partial charge in [0.1, 0.15) is 5.82 Å². The van der Waals surface area contributed by atoms with Crippen LogP contribution in [0.1, 0.15) is 41.0 Å². The molecule has 4 nitrogen and oxygen atoms in total. The van der Waals surface area contributed by atoms with Crippen LogP contribution in [0.4, 0.5) is 5.82 Å². The van der Waals surface area contributed by atoms with Gasteiger partial charge in [0.2, 0.25) is 5.91 Å². The molecule has 0 bridgehead atoms. The summed E-state index contributed by atoms with van der Waals surface area (Å²) in [6, 6.07) is 12.5. The Morgan fingerprint density at radius 1 is 1.29 bits per heavy atom. The van der Waals surface area contributed by atoms with Gasteiger partial charge in [0.25, 0.3) is 0 Å². The Balaban J connectivity index is 1.84. The van der Waals surface area contributed by atoms with Crippen molar-refractivity contribution in [2.45, 2.75) is 32.6 Å². The van der Waals surface area contributed by atoms with Crippen molar-refractivity contribution < 1.29 is 4.79 Å². The first kappa shape index (κ1) is 15.1. The third-order valence-electron chi connectivity index (χ3n) is 4.58. The summed E-state index contributed by atoms with van der Waals surface area (Å²) in [6.45, 7) is 4.16. The van der Waals surface area contributed by atoms with Crippen molar-refractivity contribution >= 4 is 23.1 Å². The summed E-state index contributed by atoms with van der Waals surface area (Å²) in [5, 5.41) is 9.81. The fourth-order valence-corrected chi connectivity index (χ4v) is 4.18. The van der Waals surface area contributed by atoms with Gasteiger partial charge in [-0.05, 0) is 42.5 Å². The van der Waals surface area contributed by atoms with Crippen molar-refractivity contribution in [1.29, 1.82) is 0 Å². The minimum absolute atomic E-state index is 0.0484. The molecule has 1 N–H and O–H groups in total. The average Bonchev–Trinajstić information content (AvgIpc) is 3.23. The van der Waals surface area contributed by atoms with E-state index in [0.717, 1.165) is 29.2 Å². The number of hydrogen-bond acceptors (Lipinski definition) is 3. The van der Waals surface area contributed by atoms with Crippen LogP contribution < -0.4 is 5.32 Å². The van der Waals surface area contributed by atoms with Crippen molar-refractivity contribution in [2.24, 2.45) is 0 Å². The van der Waals surface area contributed by atoms with Crippen molar-refractivity contribution in [3.8, 4) is 5.69 Å². The van der Waals surface area contributed by atoms with Crippen LogP contribution in [-0.4, -0.2) is 15.7 Å². The molecule has 0 fully saturated rings. The van der Waals surface area contributed by atoms with Crippen LogP contribution in [0.15, 0.2) is 41.8 Å². The van der Waals surface area contributed by atoms with Gasteiger partial charge in [-0.1, -0.05) is 25.1 Å². The summed E-state index contributed by atoms with van der Waals surface area (Å²) in [4.78, 5) is 13.5. The normalized spacial score (nSPS) is 16.8. The SMILES string of the molecule is CCc1ccc(-n2nc(C)c3c2NC(=O)CC3c2cccs2)cc1. The van der Waals surface area contributed by atoms with Gasteiger partial charge in [0.15, 0.2) is 0 Å². The van der Waals surface area contributed by atoms with E-state index in [1.54, 1.807) is 11.3 Å². The van der Waals surface area contributed by atoms with E-state index >= 15 is 0 Å². The Bertz CT molecular complexity index is 878. The van der Waals surface area contributed by atoms with Gasteiger partial charge in [0.05, 0.1) is 11.4 Å². The third kappa shape index (κ3) is 2.45. The van der Waals surface area contributed by atoms with E-state index in [-0.39, 0.29) is 11.8 Å². The molecular formula is C19H19N3OS. The van der Waals surface area contributed by atoms with Crippen LogP contribution in [0.2, 0.25) is 0 Å². The molecule has 1 aliphatic heterocycles. The number of nitrogens with zero attached hydrogens (tertiary/aromatic N) is 2. The summed E-state index contributed by atoms with van der Waals surface area (Å²) in [5.74, 6) is 0.955. The number of fused-ring (bicyclic) bond motifs is 1. The molecule has 24 heavy (non-hydrogen) atoms. The maximum absolute atomic E-state index is 12.3. The standard InChI is InChI=1S/C19H19N3OS/c1-3-13-6-8-14(9-7-13)22-19-18(12(2)21-22)15(11-17(23)20-19)16-5-4-10-24-16/h4-10,15H,3,11H2,1-2H3,(H,20,23). The highest BCUT2D eigenvalue weighted by molar-refractivity contribution is 7.10. The van der Waals surface area contributed by atoms with Crippen LogP contribution in [0.5, 0.6) is 0 Å². The van der Waals surface area contributed by atoms with Crippen molar-refractivity contribution in [1.82, 2.24) is 9.78 Å². The lowest BCUT2D eigenvalue weighted by atomic mass is 9.91. The first-order valence-electron chi connectivity index (χ1n) is 8.19. The number of rotatable bonds is 3. The number of amides is 1. The molecule has 1 unspecified atom stereocenters. The van der Waals surface area contributed by atoms with E-state index in [2.05, 4.69) is 48.0 Å². The third-order valence-corrected chi connectivity index (χ3v) is 5.56. The largest absolute Gasteiger partial charge is 0.310 e. The van der Waals surface area contributed by atoms with E-state index in [9.17, 15) is 4.79 Å². The average molecular weight is 337 g/mol. The van der Waals surface area contributed by atoms with Crippen molar-refractivity contribution in [2.75, 3.05) is 5.32 Å². The van der Waals surface area contributed by atoms with E-state index in [1.807, 2.05) is 17.7 Å². The molecule has 1 aromatic carbocycles. The van der Waals surface area contributed by atoms with Crippen LogP contribution in [-0.2, 0) is 11.2 Å². The molecule has 1 atom stereocenters. The Labute approximate surface area is 145 Å². The predicted octanol–water partition coefficient (Wildman–Crippen LogP) is 4.28. The number of anilines is 1. The zero-order valence-corrected chi connectivity index (χ0v) is 14.6. The first-order chi connectivity index (χ1) is 11.7. The van der Waals surface area contributed by atoms with Crippen molar-refractivity contribution in [3.05, 3.63) is 63.5 Å². The molecule has 3 aromatic rings. The molecular weight excluding hydrogens is 318 g/mol. The van der Waals surface area contributed by atoms with Gasteiger partial charge in [-0.15, -0.1) is 11.3 Å². The van der Waals surface area contributed by atoms with Gasteiger partial charge in [-0.2, -0.15) is 5.10 Å². The van der Waals surface area contributed by atoms with Crippen LogP contribution >= 0.6 is 11.3 Å². The summed E-state index contributed by atoms with van der Waals surface area (Å²) < 4.78 is 1.86. The van der Waals surface area contributed by atoms with Gasteiger partial charge >= 0.3 is 0 Å². The number of benzene rings is 1. The molecule has 3 heterocycles. The second kappa shape index (κ2) is 5.91. The Hall–Kier alpha value is -2.40. The van der Waals surface area contributed by atoms with E-state index in [1.165, 1.54) is 10.4 Å². The summed E-state index contributed by atoms with van der Waals surface area (Å²) in [7, 11) is 0. The van der Waals surface area contributed by atoms with Crippen LogP contribution in [0.25, 0.3) is 5.69 Å². The Kier molecular flexibility index (Phi) is 3.73. The fraction of sp³-hybridized carbons (Fsp3) is 0.263. The summed E-state index contributed by atoms with van der Waals surface area (Å²) in [5.41, 5.74) is 4.38. The van der Waals surface area contributed by atoms with Crippen LogP contribution in [0, 0.1) is 6.92 Å². The van der Waals surface area contributed by atoms with Gasteiger partial charge in [-0.3, -0.25) is 4.79 Å². The van der Waals surface area contributed by atoms with Crippen molar-refractivity contribution in [3.63, 3.8) is 0 Å². The quantitative estimate of drug-likeness (QED) is 0.775. The highest BCUT2D eigenvalue weighted by Crippen LogP contribution is 2.41. The first-order valence-corrected chi connectivity index (χ1v) is 9.07. The maximum atomic E-state index is 12.3. The molecule has 0 radical (unpaired) electrons. The molecule has 2 aromatic heterocycles. The number of carbonyl (C=O) groups excluding carboxylic acids is 1. The molecule has 122 valence electrons. The summed E-state index contributed by atoms with van der Waals surface area (Å²) >= 11 is 1.70. The lowest BCUT2D eigenvalue weighted by molar-refractivity contribution is -0.116. The van der Waals surface area contributed by atoms with E-state index < -0.39 is 0 Å². The Morgan fingerprint density at radius 2 is 2.08 bits per heavy atom. The number of carbonyl (C=O) groups is 1. The summed E-state index contributed by atoms with van der Waals surface area (Å²) in [6.07, 6.45) is 1.49. The van der Waals surface area contributed by atoms with Gasteiger partial charge < -0.3 is 5.32 Å². The minimum atomic E-state index is 0.0484. The lowest BCUT2D eigenvalue weighted by Gasteiger charge is -2.23. The fourth-order valence-electron chi connectivity index (χ4n) is 3.34. The monoisotopic (exact) mass is 337 g/mol. The highest BCUT2D eigenvalue weighted by Gasteiger charge is 2.33. The number of nitrogens with one attached hydrogen (secondary N) is 1. The van der Waals surface area contributed by atoms with E-state index in [4.69, 9.17) is 5.10 Å². The van der Waals surface area contributed by atoms with Crippen LogP contribution in [0.3, 0.4) is 0 Å². The minimum Gasteiger partial charge on any atom is -0.310 e. The molecule has 0 saturated heterocycles. The lowest BCUT2D eigenvalue weighted by Crippen LogP contribution is -2.24. The molecule has 0 aliphatic carbocycles. The molecule has 0 spiro atoms. The molecule has 1 aliphatic rings. The molecule has 1 amide bonds. The number of aryl methyl sites for hydroxylation is 2. The number of aromatic nitrogens is 2. The Morgan fingerprint density at radius 3 is 2.75 bits per heavy atom. The second-order valence-electron chi connectivity index (χ2n) is 6.10. The molecule has 5 heteroatoms. The predicted molar refractivity (Wildman–Crippen MR) is 97.1 cm³/mol. The molecule has 4 rings (SSSR count). The zero-order chi connectivity index (χ0) is 16.7. The second-order valence-corrected chi connectivity index (χ2v) is 7.08. The molecule has 0 saturated carbocycles. The smallest absolute Gasteiger partial charge is 0.226 e. The topological polar surface area (TPSA) is 46.9 Å². The maximum Gasteiger partial charge on any atom is 0.226 e. The number of thiophene rings is 1. The zero-order valence-electron chi connectivity index (χ0n) is 13.7.